The summed E-state index contributed by atoms with van der Waals surface area (Å²) in [7, 11) is 0. The maximum absolute atomic E-state index is 2.46. The number of hydrogen-bond donors (Lipinski definition) is 0. The number of thioether (sulfide) groups is 1. The van der Waals surface area contributed by atoms with Crippen molar-refractivity contribution < 1.29 is 0 Å². The van der Waals surface area contributed by atoms with Gasteiger partial charge >= 0.3 is 0 Å². The van der Waals surface area contributed by atoms with Gasteiger partial charge in [0.05, 0.1) is 0 Å². The highest BCUT2D eigenvalue weighted by molar-refractivity contribution is 8.03. The van der Waals surface area contributed by atoms with Gasteiger partial charge in [-0.05, 0) is 48.8 Å². The summed E-state index contributed by atoms with van der Waals surface area (Å²) in [5, 5.41) is 0. The lowest BCUT2D eigenvalue weighted by atomic mass is 9.79. The minimum atomic E-state index is 0.610. The van der Waals surface area contributed by atoms with Crippen LogP contribution in [0.2, 0.25) is 0 Å². The number of fused-ring (bicyclic) bond motifs is 3. The van der Waals surface area contributed by atoms with Gasteiger partial charge in [-0.25, -0.2) is 0 Å². The maximum Gasteiger partial charge on any atom is 0.0201 e. The summed E-state index contributed by atoms with van der Waals surface area (Å²) < 4.78 is 0. The van der Waals surface area contributed by atoms with Crippen LogP contribution in [0.25, 0.3) is 0 Å². The molecule has 1 aromatic rings. The predicted molar refractivity (Wildman–Crippen MR) is 96.0 cm³/mol. The van der Waals surface area contributed by atoms with Crippen molar-refractivity contribution in [1.82, 2.24) is 0 Å². The summed E-state index contributed by atoms with van der Waals surface area (Å²) in [6, 6.07) is 8.95. The third kappa shape index (κ3) is 2.32. The van der Waals surface area contributed by atoms with Crippen molar-refractivity contribution in [3.05, 3.63) is 76.3 Å². The van der Waals surface area contributed by atoms with Crippen molar-refractivity contribution in [2.24, 2.45) is 11.8 Å². The standard InChI is InChI=1S/C21H22S/c1-14-7-3-4-8-16(14)13-19-15(2)11-12-18-17-9-5-6-10-20(17)22-21(18)19/h3-11,14,16,18H,12-13H2,1-2H3. The number of benzene rings is 1. The van der Waals surface area contributed by atoms with Gasteiger partial charge in [-0.3, -0.25) is 0 Å². The van der Waals surface area contributed by atoms with Crippen LogP contribution in [-0.4, -0.2) is 0 Å². The van der Waals surface area contributed by atoms with Crippen molar-refractivity contribution in [2.45, 2.75) is 37.5 Å². The van der Waals surface area contributed by atoms with Gasteiger partial charge in [-0.15, -0.1) is 0 Å². The van der Waals surface area contributed by atoms with E-state index >= 15 is 0 Å². The SMILES string of the molecule is CC1=CCC2C(=C1CC1C=CC=CC1C)Sc1ccccc12. The van der Waals surface area contributed by atoms with E-state index < -0.39 is 0 Å². The Balaban J connectivity index is 1.69. The lowest BCUT2D eigenvalue weighted by molar-refractivity contribution is 0.501. The average Bonchev–Trinajstić information content (AvgIpc) is 2.91. The van der Waals surface area contributed by atoms with Gasteiger partial charge in [-0.1, -0.05) is 72.8 Å². The van der Waals surface area contributed by atoms with Crippen LogP contribution in [0.15, 0.2) is 75.6 Å². The predicted octanol–water partition coefficient (Wildman–Crippen LogP) is 6.25. The molecule has 0 saturated carbocycles. The second kappa shape index (κ2) is 5.62. The third-order valence-electron chi connectivity index (χ3n) is 5.26. The summed E-state index contributed by atoms with van der Waals surface area (Å²) >= 11 is 2.02. The number of hydrogen-bond acceptors (Lipinski definition) is 1. The molecule has 0 bridgehead atoms. The van der Waals surface area contributed by atoms with Crippen molar-refractivity contribution in [1.29, 1.82) is 0 Å². The van der Waals surface area contributed by atoms with Crippen LogP contribution in [0.4, 0.5) is 0 Å². The zero-order valence-corrected chi connectivity index (χ0v) is 14.1. The molecule has 1 heteroatoms. The van der Waals surface area contributed by atoms with Gasteiger partial charge in [0.25, 0.3) is 0 Å². The highest BCUT2D eigenvalue weighted by atomic mass is 32.2. The summed E-state index contributed by atoms with van der Waals surface area (Å²) in [6.07, 6.45) is 13.9. The molecular formula is C21H22S. The van der Waals surface area contributed by atoms with E-state index in [9.17, 15) is 0 Å². The van der Waals surface area contributed by atoms with Crippen LogP contribution in [-0.2, 0) is 0 Å². The van der Waals surface area contributed by atoms with Gasteiger partial charge in [0, 0.05) is 15.7 Å². The lowest BCUT2D eigenvalue weighted by Gasteiger charge is -2.27. The monoisotopic (exact) mass is 306 g/mol. The Morgan fingerprint density at radius 3 is 2.82 bits per heavy atom. The molecule has 1 aromatic carbocycles. The molecule has 22 heavy (non-hydrogen) atoms. The first-order chi connectivity index (χ1) is 10.7. The molecule has 3 aliphatic rings. The molecule has 0 spiro atoms. The summed E-state index contributed by atoms with van der Waals surface area (Å²) in [5.74, 6) is 1.89. The van der Waals surface area contributed by atoms with Gasteiger partial charge in [-0.2, -0.15) is 0 Å². The minimum Gasteiger partial charge on any atom is -0.0933 e. The van der Waals surface area contributed by atoms with Crippen LogP contribution in [0.3, 0.4) is 0 Å². The first-order valence-electron chi connectivity index (χ1n) is 8.26. The Bertz CT molecular complexity index is 717. The number of allylic oxidation sites excluding steroid dienone is 8. The fourth-order valence-corrected chi connectivity index (χ4v) is 5.27. The molecule has 1 aliphatic heterocycles. The molecule has 3 atom stereocenters. The van der Waals surface area contributed by atoms with E-state index in [1.54, 1.807) is 10.5 Å². The highest BCUT2D eigenvalue weighted by Crippen LogP contribution is 2.55. The van der Waals surface area contributed by atoms with Crippen LogP contribution in [0, 0.1) is 11.8 Å². The van der Waals surface area contributed by atoms with Crippen molar-refractivity contribution >= 4 is 11.8 Å². The Kier molecular flexibility index (Phi) is 3.62. The smallest absolute Gasteiger partial charge is 0.0201 e. The van der Waals surface area contributed by atoms with Crippen molar-refractivity contribution in [2.75, 3.05) is 0 Å². The first-order valence-corrected chi connectivity index (χ1v) is 9.07. The van der Waals surface area contributed by atoms with Crippen LogP contribution in [0.1, 0.15) is 38.2 Å². The molecule has 0 saturated heterocycles. The quantitative estimate of drug-likeness (QED) is 0.622. The second-order valence-corrected chi connectivity index (χ2v) is 7.74. The second-order valence-electron chi connectivity index (χ2n) is 6.66. The van der Waals surface area contributed by atoms with E-state index in [0.717, 1.165) is 0 Å². The van der Waals surface area contributed by atoms with Crippen molar-refractivity contribution in [3.63, 3.8) is 0 Å². The molecule has 0 N–H and O–H groups in total. The Morgan fingerprint density at radius 2 is 1.95 bits per heavy atom. The lowest BCUT2D eigenvalue weighted by Crippen LogP contribution is -2.13. The van der Waals surface area contributed by atoms with E-state index in [0.29, 0.717) is 17.8 Å². The molecule has 0 amide bonds. The summed E-state index contributed by atoms with van der Waals surface area (Å²) in [5.41, 5.74) is 4.65. The zero-order valence-electron chi connectivity index (χ0n) is 13.3. The zero-order chi connectivity index (χ0) is 15.1. The summed E-state index contributed by atoms with van der Waals surface area (Å²) in [4.78, 5) is 3.09. The van der Waals surface area contributed by atoms with Crippen molar-refractivity contribution in [3.8, 4) is 0 Å². The fraction of sp³-hybridized carbons (Fsp3) is 0.333. The van der Waals surface area contributed by atoms with E-state index in [4.69, 9.17) is 0 Å². The molecule has 0 fully saturated rings. The van der Waals surface area contributed by atoms with E-state index in [2.05, 4.69) is 68.5 Å². The molecular weight excluding hydrogens is 284 g/mol. The van der Waals surface area contributed by atoms with E-state index in [1.807, 2.05) is 11.8 Å². The van der Waals surface area contributed by atoms with Gasteiger partial charge < -0.3 is 0 Å². The minimum absolute atomic E-state index is 0.610. The van der Waals surface area contributed by atoms with E-state index in [1.165, 1.54) is 28.9 Å². The molecule has 0 radical (unpaired) electrons. The fourth-order valence-electron chi connectivity index (χ4n) is 3.83. The molecule has 112 valence electrons. The van der Waals surface area contributed by atoms with Crippen LogP contribution >= 0.6 is 11.8 Å². The topological polar surface area (TPSA) is 0 Å². The summed E-state index contributed by atoms with van der Waals surface area (Å²) in [6.45, 7) is 4.64. The van der Waals surface area contributed by atoms with Gasteiger partial charge in [0.2, 0.25) is 0 Å². The molecule has 4 rings (SSSR count). The molecule has 0 aromatic heterocycles. The first kappa shape index (κ1) is 14.1. The van der Waals surface area contributed by atoms with E-state index in [-0.39, 0.29) is 0 Å². The Labute approximate surface area is 137 Å². The van der Waals surface area contributed by atoms with Crippen LogP contribution < -0.4 is 0 Å². The molecule has 2 aliphatic carbocycles. The van der Waals surface area contributed by atoms with Gasteiger partial charge in [0.15, 0.2) is 0 Å². The number of rotatable bonds is 2. The van der Waals surface area contributed by atoms with Gasteiger partial charge in [0.1, 0.15) is 0 Å². The Morgan fingerprint density at radius 1 is 1.14 bits per heavy atom. The molecule has 3 unspecified atom stereocenters. The third-order valence-corrected chi connectivity index (χ3v) is 6.61. The molecule has 0 nitrogen and oxygen atoms in total. The molecule has 1 heterocycles. The Hall–Kier alpha value is -1.47. The normalized spacial score (nSPS) is 29.4. The average molecular weight is 306 g/mol. The van der Waals surface area contributed by atoms with Crippen LogP contribution in [0.5, 0.6) is 0 Å². The maximum atomic E-state index is 2.46. The highest BCUT2D eigenvalue weighted by Gasteiger charge is 2.33. The largest absolute Gasteiger partial charge is 0.0933 e.